The van der Waals surface area contributed by atoms with Crippen molar-refractivity contribution < 1.29 is 13.2 Å². The minimum Gasteiger partial charge on any atom is -0.379 e. The third-order valence-electron chi connectivity index (χ3n) is 5.07. The first kappa shape index (κ1) is 28.1. The molecule has 8 nitrogen and oxygen atoms in total. The van der Waals surface area contributed by atoms with Crippen molar-refractivity contribution in [3.63, 3.8) is 0 Å². The zero-order valence-corrected chi connectivity index (χ0v) is 22.1. The topological polar surface area (TPSA) is 86.3 Å². The number of benzene rings is 1. The van der Waals surface area contributed by atoms with E-state index in [0.29, 0.717) is 26.2 Å². The average Bonchev–Trinajstić information content (AvgIpc) is 2.72. The fourth-order valence-electron chi connectivity index (χ4n) is 3.39. The van der Waals surface area contributed by atoms with Gasteiger partial charge in [-0.25, -0.2) is 17.7 Å². The maximum Gasteiger partial charge on any atom is 0.211 e. The first-order chi connectivity index (χ1) is 14.4. The van der Waals surface area contributed by atoms with E-state index in [-0.39, 0.29) is 24.0 Å². The molecule has 10 heteroatoms. The molecule has 0 radical (unpaired) electrons. The van der Waals surface area contributed by atoms with E-state index in [1.165, 1.54) is 21.7 Å². The van der Waals surface area contributed by atoms with Crippen molar-refractivity contribution in [3.8, 4) is 0 Å². The highest BCUT2D eigenvalue weighted by Gasteiger charge is 2.14. The lowest BCUT2D eigenvalue weighted by molar-refractivity contribution is 0.0341. The van der Waals surface area contributed by atoms with Crippen molar-refractivity contribution in [3.05, 3.63) is 35.4 Å². The van der Waals surface area contributed by atoms with Crippen molar-refractivity contribution in [1.29, 1.82) is 0 Å². The van der Waals surface area contributed by atoms with Gasteiger partial charge >= 0.3 is 0 Å². The minimum absolute atomic E-state index is 0. The largest absolute Gasteiger partial charge is 0.379 e. The molecule has 0 saturated carbocycles. The Bertz CT molecular complexity index is 770. The number of nitrogens with one attached hydrogen (secondary N) is 2. The van der Waals surface area contributed by atoms with E-state index in [1.807, 2.05) is 13.8 Å². The van der Waals surface area contributed by atoms with Gasteiger partial charge in [0.05, 0.1) is 26.0 Å². The lowest BCUT2D eigenvalue weighted by Gasteiger charge is -2.27. The molecule has 1 aromatic carbocycles. The predicted octanol–water partition coefficient (Wildman–Crippen LogP) is 1.86. The van der Waals surface area contributed by atoms with Gasteiger partial charge in [-0.05, 0) is 24.5 Å². The predicted molar refractivity (Wildman–Crippen MR) is 137 cm³/mol. The second kappa shape index (κ2) is 15.0. The Morgan fingerprint density at radius 1 is 1.16 bits per heavy atom. The number of sulfonamides is 1. The van der Waals surface area contributed by atoms with Crippen LogP contribution in [0.2, 0.25) is 0 Å². The standard InChI is InChI=1S/C21H37N5O3S.HI/c1-4-22-21(23-11-8-12-26(5-2)30(3,27)28)24-17-19-9-6-7-10-20(19)18-25-13-15-29-16-14-25;/h6-7,9-10H,4-5,8,11-18H2,1-3H3,(H2,22,23,24);1H. The summed E-state index contributed by atoms with van der Waals surface area (Å²) in [7, 11) is -3.14. The molecule has 0 unspecified atom stereocenters. The molecule has 0 atom stereocenters. The number of ether oxygens (including phenoxy) is 1. The van der Waals surface area contributed by atoms with Crippen molar-refractivity contribution >= 4 is 40.0 Å². The van der Waals surface area contributed by atoms with Gasteiger partial charge in [0.1, 0.15) is 0 Å². The summed E-state index contributed by atoms with van der Waals surface area (Å²) < 4.78 is 30.3. The number of halogens is 1. The van der Waals surface area contributed by atoms with E-state index in [2.05, 4.69) is 39.8 Å². The Balaban J connectivity index is 0.00000480. The van der Waals surface area contributed by atoms with Crippen LogP contribution in [0.15, 0.2) is 29.3 Å². The van der Waals surface area contributed by atoms with E-state index < -0.39 is 10.0 Å². The number of hydrogen-bond donors (Lipinski definition) is 2. The molecule has 1 aliphatic rings. The first-order valence-corrected chi connectivity index (χ1v) is 12.6. The Morgan fingerprint density at radius 3 is 2.45 bits per heavy atom. The SMILES string of the molecule is CCNC(=NCc1ccccc1CN1CCOCC1)NCCCN(CC)S(C)(=O)=O.I. The molecule has 0 aliphatic carbocycles. The van der Waals surface area contributed by atoms with Crippen LogP contribution in [-0.2, 0) is 27.8 Å². The Morgan fingerprint density at radius 2 is 1.84 bits per heavy atom. The normalized spacial score (nSPS) is 15.5. The first-order valence-electron chi connectivity index (χ1n) is 10.8. The highest BCUT2D eigenvalue weighted by Crippen LogP contribution is 2.14. The molecule has 0 spiro atoms. The number of rotatable bonds is 11. The van der Waals surface area contributed by atoms with Crippen LogP contribution < -0.4 is 10.6 Å². The summed E-state index contributed by atoms with van der Waals surface area (Å²) in [6.07, 6.45) is 1.97. The van der Waals surface area contributed by atoms with Crippen molar-refractivity contribution in [2.45, 2.75) is 33.4 Å². The lowest BCUT2D eigenvalue weighted by atomic mass is 10.1. The van der Waals surface area contributed by atoms with E-state index in [1.54, 1.807) is 0 Å². The van der Waals surface area contributed by atoms with Gasteiger partial charge in [0.15, 0.2) is 5.96 Å². The van der Waals surface area contributed by atoms with Crippen molar-refractivity contribution in [2.75, 3.05) is 58.7 Å². The molecule has 0 bridgehead atoms. The Hall–Kier alpha value is -0.950. The number of guanidine groups is 1. The lowest BCUT2D eigenvalue weighted by Crippen LogP contribution is -2.39. The molecule has 178 valence electrons. The van der Waals surface area contributed by atoms with Gasteiger partial charge < -0.3 is 15.4 Å². The van der Waals surface area contributed by atoms with Gasteiger partial charge in [-0.15, -0.1) is 24.0 Å². The maximum absolute atomic E-state index is 11.7. The van der Waals surface area contributed by atoms with Gasteiger partial charge in [-0.1, -0.05) is 31.2 Å². The van der Waals surface area contributed by atoms with E-state index >= 15 is 0 Å². The molecule has 31 heavy (non-hydrogen) atoms. The highest BCUT2D eigenvalue weighted by atomic mass is 127. The summed E-state index contributed by atoms with van der Waals surface area (Å²) in [6, 6.07) is 8.44. The Kier molecular flexibility index (Phi) is 13.6. The molecule has 2 rings (SSSR count). The van der Waals surface area contributed by atoms with Crippen LogP contribution >= 0.6 is 24.0 Å². The second-order valence-electron chi connectivity index (χ2n) is 7.39. The number of hydrogen-bond acceptors (Lipinski definition) is 5. The summed E-state index contributed by atoms with van der Waals surface area (Å²) in [5.74, 6) is 0.751. The summed E-state index contributed by atoms with van der Waals surface area (Å²) in [4.78, 5) is 7.16. The van der Waals surface area contributed by atoms with Crippen LogP contribution in [0.1, 0.15) is 31.4 Å². The smallest absolute Gasteiger partial charge is 0.211 e. The summed E-state index contributed by atoms with van der Waals surface area (Å²) >= 11 is 0. The number of nitrogens with zero attached hydrogens (tertiary/aromatic N) is 3. The van der Waals surface area contributed by atoms with Crippen molar-refractivity contribution in [1.82, 2.24) is 19.8 Å². The maximum atomic E-state index is 11.7. The third kappa shape index (κ3) is 10.5. The fraction of sp³-hybridized carbons (Fsp3) is 0.667. The summed E-state index contributed by atoms with van der Waals surface area (Å²) in [5.41, 5.74) is 2.51. The zero-order chi connectivity index (χ0) is 21.8. The highest BCUT2D eigenvalue weighted by molar-refractivity contribution is 14.0. The molecule has 0 amide bonds. The van der Waals surface area contributed by atoms with Gasteiger partial charge in [-0.2, -0.15) is 0 Å². The zero-order valence-electron chi connectivity index (χ0n) is 19.0. The minimum atomic E-state index is -3.14. The second-order valence-corrected chi connectivity index (χ2v) is 9.37. The van der Waals surface area contributed by atoms with Crippen LogP contribution in [0.5, 0.6) is 0 Å². The van der Waals surface area contributed by atoms with E-state index in [4.69, 9.17) is 9.73 Å². The average molecular weight is 568 g/mol. The van der Waals surface area contributed by atoms with Gasteiger partial charge in [0.25, 0.3) is 0 Å². The number of aliphatic imine (C=N–C) groups is 1. The molecule has 1 aliphatic heterocycles. The molecule has 1 saturated heterocycles. The van der Waals surface area contributed by atoms with E-state index in [0.717, 1.165) is 51.8 Å². The molecule has 2 N–H and O–H groups in total. The van der Waals surface area contributed by atoms with Crippen LogP contribution in [0, 0.1) is 0 Å². The van der Waals surface area contributed by atoms with Gasteiger partial charge in [-0.3, -0.25) is 4.90 Å². The van der Waals surface area contributed by atoms with E-state index in [9.17, 15) is 8.42 Å². The van der Waals surface area contributed by atoms with Crippen molar-refractivity contribution in [2.24, 2.45) is 4.99 Å². The summed E-state index contributed by atoms with van der Waals surface area (Å²) in [5, 5.41) is 6.58. The van der Waals surface area contributed by atoms with Gasteiger partial charge in [0, 0.05) is 45.8 Å². The molecular formula is C21H38IN5O3S. The molecule has 1 aromatic rings. The van der Waals surface area contributed by atoms with Crippen LogP contribution in [0.3, 0.4) is 0 Å². The van der Waals surface area contributed by atoms with Gasteiger partial charge in [0.2, 0.25) is 10.0 Å². The fourth-order valence-corrected chi connectivity index (χ4v) is 4.32. The Labute approximate surface area is 204 Å². The monoisotopic (exact) mass is 567 g/mol. The molecule has 1 fully saturated rings. The number of morpholine rings is 1. The summed E-state index contributed by atoms with van der Waals surface area (Å²) in [6.45, 7) is 11.3. The molecular weight excluding hydrogens is 529 g/mol. The molecule has 0 aromatic heterocycles. The van der Waals surface area contributed by atoms with Crippen LogP contribution in [-0.4, -0.2) is 82.3 Å². The third-order valence-corrected chi connectivity index (χ3v) is 6.45. The van der Waals surface area contributed by atoms with Crippen LogP contribution in [0.25, 0.3) is 0 Å². The van der Waals surface area contributed by atoms with Crippen LogP contribution in [0.4, 0.5) is 0 Å². The molecule has 1 heterocycles. The quantitative estimate of drug-likeness (QED) is 0.184.